The third-order valence-corrected chi connectivity index (χ3v) is 10.3. The molecule has 0 bridgehead atoms. The number of carbonyl (C=O) groups excluding carboxylic acids is 6. The van der Waals surface area contributed by atoms with Crippen LogP contribution in [-0.4, -0.2) is 121 Å². The number of hydrogen-bond acceptors (Lipinski definition) is 9. The lowest BCUT2D eigenvalue weighted by atomic mass is 9.86. The van der Waals surface area contributed by atoms with Crippen LogP contribution in [0.1, 0.15) is 103 Å². The molecule has 322 valence electrons. The van der Waals surface area contributed by atoms with E-state index in [2.05, 4.69) is 60.8 Å². The Morgan fingerprint density at radius 3 is 1.84 bits per heavy atom. The first-order chi connectivity index (χ1) is 27.4. The van der Waals surface area contributed by atoms with E-state index in [0.717, 1.165) is 44.3 Å². The van der Waals surface area contributed by atoms with Gasteiger partial charge in [0.2, 0.25) is 23.6 Å². The Balaban J connectivity index is 2.29. The summed E-state index contributed by atoms with van der Waals surface area (Å²) < 4.78 is 4.69. The summed E-state index contributed by atoms with van der Waals surface area (Å²) in [5.74, 6) is -3.71. The number of rotatable bonds is 23. The molecule has 0 unspecified atom stereocenters. The summed E-state index contributed by atoms with van der Waals surface area (Å²) >= 11 is 0. The molecule has 0 aliphatic carbocycles. The molecule has 0 saturated carbocycles. The van der Waals surface area contributed by atoms with E-state index < -0.39 is 72.3 Å². The first-order valence-electron chi connectivity index (χ1n) is 20.4. The molecule has 0 heterocycles. The molecule has 0 spiro atoms. The van der Waals surface area contributed by atoms with Crippen LogP contribution >= 0.6 is 0 Å². The third kappa shape index (κ3) is 15.8. The first-order valence-corrected chi connectivity index (χ1v) is 20.4. The van der Waals surface area contributed by atoms with Crippen LogP contribution in [-0.2, 0) is 40.5 Å². The molecule has 0 aromatic heterocycles. The van der Waals surface area contributed by atoms with Gasteiger partial charge in [-0.25, -0.2) is 4.79 Å². The molecule has 14 heteroatoms. The summed E-state index contributed by atoms with van der Waals surface area (Å²) in [4.78, 5) is 84.4. The van der Waals surface area contributed by atoms with E-state index in [0.29, 0.717) is 12.0 Å². The van der Waals surface area contributed by atoms with Crippen molar-refractivity contribution in [3.8, 4) is 0 Å². The van der Waals surface area contributed by atoms with Gasteiger partial charge in [0.05, 0.1) is 13.7 Å². The van der Waals surface area contributed by atoms with Crippen LogP contribution in [0.3, 0.4) is 0 Å². The maximum Gasteiger partial charge on any atom is 0.330 e. The van der Waals surface area contributed by atoms with Crippen molar-refractivity contribution in [2.24, 2.45) is 5.92 Å². The topological polar surface area (TPSA) is 186 Å². The number of carbonyl (C=O) groups is 6. The number of nitrogens with one attached hydrogen (secondary N) is 4. The van der Waals surface area contributed by atoms with Crippen molar-refractivity contribution >= 4 is 35.5 Å². The van der Waals surface area contributed by atoms with Gasteiger partial charge in [-0.15, -0.1) is 0 Å². The molecule has 2 rings (SSSR count). The average Bonchev–Trinajstić information content (AvgIpc) is 3.20. The number of nitrogens with zero attached hydrogens (tertiary/aromatic N) is 2. The molecule has 5 atom stereocenters. The lowest BCUT2D eigenvalue weighted by Gasteiger charge is -2.31. The van der Waals surface area contributed by atoms with Crippen LogP contribution in [0.15, 0.2) is 54.6 Å². The summed E-state index contributed by atoms with van der Waals surface area (Å²) in [6.45, 7) is 17.5. The van der Waals surface area contributed by atoms with Gasteiger partial charge in [-0.3, -0.25) is 24.0 Å². The average molecular weight is 809 g/mol. The van der Waals surface area contributed by atoms with Crippen LogP contribution in [0.5, 0.6) is 0 Å². The quantitative estimate of drug-likeness (QED) is 0.0830. The summed E-state index contributed by atoms with van der Waals surface area (Å²) in [5, 5.41) is 20.6. The zero-order valence-electron chi connectivity index (χ0n) is 36.2. The first kappa shape index (κ1) is 49.3. The van der Waals surface area contributed by atoms with Gasteiger partial charge in [0.15, 0.2) is 6.04 Å². The monoisotopic (exact) mass is 809 g/mol. The number of methoxy groups -OCH3 is 1. The highest BCUT2D eigenvalue weighted by Gasteiger charge is 2.34. The van der Waals surface area contributed by atoms with Gasteiger partial charge in [-0.05, 0) is 86.8 Å². The molecule has 0 fully saturated rings. The lowest BCUT2D eigenvalue weighted by Crippen LogP contribution is -2.59. The van der Waals surface area contributed by atoms with E-state index in [-0.39, 0.29) is 30.6 Å². The number of ether oxygens (including phenoxy) is 1. The van der Waals surface area contributed by atoms with Gasteiger partial charge >= 0.3 is 5.97 Å². The minimum absolute atomic E-state index is 0.0481. The van der Waals surface area contributed by atoms with Gasteiger partial charge in [-0.1, -0.05) is 90.9 Å². The van der Waals surface area contributed by atoms with Crippen LogP contribution in [0.25, 0.3) is 0 Å². The van der Waals surface area contributed by atoms with Crippen molar-refractivity contribution in [3.63, 3.8) is 0 Å². The summed E-state index contributed by atoms with van der Waals surface area (Å²) in [6.07, 6.45) is 1.96. The Hall–Kier alpha value is -4.82. The normalized spacial score (nSPS) is 14.1. The predicted octanol–water partition coefficient (Wildman–Crippen LogP) is 3.35. The second kappa shape index (κ2) is 24.2. The second-order valence-corrected chi connectivity index (χ2v) is 16.2. The number of hydrogen-bond donors (Lipinski definition) is 5. The van der Waals surface area contributed by atoms with Crippen molar-refractivity contribution < 1.29 is 38.6 Å². The largest absolute Gasteiger partial charge is 0.467 e. The standard InChI is InChI=1S/C44H68N6O8/c1-11-50(12-2)25-17-16-20-34(40(54)48-37(28-51)43(57)58-10)45-41(55)35(26-29(3)4)46-38(52)30(5)49(9)42(56)36(27-31-18-14-13-15-19-31)47-39(53)32-21-23-33(24-22-32)44(6,7)8/h13-15,18-19,21-24,29-30,34-37,51H,11-12,16-17,20,25-28H2,1-10H3,(H,45,55)(H,46,52)(H,47,53)(H,48,54)/t30-,34-,35-,36+,37-/m0/s1. The summed E-state index contributed by atoms with van der Waals surface area (Å²) in [5.41, 5.74) is 2.16. The highest BCUT2D eigenvalue weighted by atomic mass is 16.5. The lowest BCUT2D eigenvalue weighted by molar-refractivity contribution is -0.146. The number of aliphatic hydroxyl groups excluding tert-OH is 1. The molecule has 5 N–H and O–H groups in total. The Bertz CT molecular complexity index is 1620. The molecule has 58 heavy (non-hydrogen) atoms. The molecule has 2 aromatic carbocycles. The van der Waals surface area contributed by atoms with Gasteiger partial charge in [0.1, 0.15) is 24.2 Å². The Labute approximate surface area is 345 Å². The van der Waals surface area contributed by atoms with Crippen molar-refractivity contribution in [2.45, 2.75) is 123 Å². The van der Waals surface area contributed by atoms with Crippen LogP contribution in [0.4, 0.5) is 0 Å². The fraction of sp³-hybridized carbons (Fsp3) is 0.591. The van der Waals surface area contributed by atoms with Gasteiger partial charge < -0.3 is 40.9 Å². The minimum atomic E-state index is -1.32. The molecule has 0 radical (unpaired) electrons. The number of aliphatic hydroxyl groups is 1. The fourth-order valence-electron chi connectivity index (χ4n) is 6.38. The SMILES string of the molecule is CCN(CC)CCCC[C@H](NC(=O)[C@H](CC(C)C)NC(=O)[C@H](C)N(C)C(=O)[C@@H](Cc1ccccc1)NC(=O)c1ccc(C(C)(C)C)cc1)C(=O)N[C@@H](CO)C(=O)OC. The van der Waals surface area contributed by atoms with Gasteiger partial charge in [-0.2, -0.15) is 0 Å². The smallest absolute Gasteiger partial charge is 0.330 e. The highest BCUT2D eigenvalue weighted by molar-refractivity contribution is 5.99. The Morgan fingerprint density at radius 2 is 1.31 bits per heavy atom. The number of likely N-dealkylation sites (N-methyl/N-ethyl adjacent to an activating group) is 1. The Morgan fingerprint density at radius 1 is 0.741 bits per heavy atom. The van der Waals surface area contributed by atoms with Gasteiger partial charge in [0.25, 0.3) is 5.91 Å². The molecule has 0 saturated heterocycles. The molecule has 14 nitrogen and oxygen atoms in total. The summed E-state index contributed by atoms with van der Waals surface area (Å²) in [7, 11) is 2.62. The van der Waals surface area contributed by atoms with Crippen molar-refractivity contribution in [1.29, 1.82) is 0 Å². The number of amides is 5. The number of unbranched alkanes of at least 4 members (excludes halogenated alkanes) is 1. The van der Waals surface area contributed by atoms with Gasteiger partial charge in [0, 0.05) is 19.0 Å². The van der Waals surface area contributed by atoms with Crippen LogP contribution < -0.4 is 21.3 Å². The molecule has 2 aromatic rings. The fourth-order valence-corrected chi connectivity index (χ4v) is 6.38. The van der Waals surface area contributed by atoms with E-state index in [1.54, 1.807) is 12.1 Å². The number of benzene rings is 2. The zero-order chi connectivity index (χ0) is 43.6. The molecule has 0 aliphatic rings. The van der Waals surface area contributed by atoms with E-state index in [4.69, 9.17) is 4.74 Å². The maximum atomic E-state index is 14.1. The molecule has 0 aliphatic heterocycles. The molecular weight excluding hydrogens is 741 g/mol. The maximum absolute atomic E-state index is 14.1. The van der Waals surface area contributed by atoms with Crippen LogP contribution in [0, 0.1) is 5.92 Å². The predicted molar refractivity (Wildman–Crippen MR) is 225 cm³/mol. The van der Waals surface area contributed by atoms with Crippen LogP contribution in [0.2, 0.25) is 0 Å². The van der Waals surface area contributed by atoms with E-state index in [1.165, 1.54) is 18.9 Å². The van der Waals surface area contributed by atoms with E-state index in [1.807, 2.05) is 56.3 Å². The number of esters is 1. The van der Waals surface area contributed by atoms with E-state index >= 15 is 0 Å². The van der Waals surface area contributed by atoms with Crippen molar-refractivity contribution in [2.75, 3.05) is 40.4 Å². The molecule has 5 amide bonds. The highest BCUT2D eigenvalue weighted by Crippen LogP contribution is 2.22. The Kier molecular flexibility index (Phi) is 20.6. The molecular formula is C44H68N6O8. The third-order valence-electron chi connectivity index (χ3n) is 10.3. The summed E-state index contributed by atoms with van der Waals surface area (Å²) in [6, 6.07) is 10.9. The van der Waals surface area contributed by atoms with Crippen molar-refractivity contribution in [3.05, 3.63) is 71.3 Å². The van der Waals surface area contributed by atoms with Crippen molar-refractivity contribution in [1.82, 2.24) is 31.1 Å². The van der Waals surface area contributed by atoms with E-state index in [9.17, 15) is 33.9 Å². The second-order valence-electron chi connectivity index (χ2n) is 16.2. The minimum Gasteiger partial charge on any atom is -0.467 e. The zero-order valence-corrected chi connectivity index (χ0v) is 36.2.